The SMILES string of the molecule is CCCNC(=O)c1cc(C2CC3CCCC(CCC3)C2)c2ccccc2n1. The van der Waals surface area contributed by atoms with Crippen LogP contribution in [0.4, 0.5) is 0 Å². The summed E-state index contributed by atoms with van der Waals surface area (Å²) in [6.07, 6.45) is 11.9. The van der Waals surface area contributed by atoms with Crippen molar-refractivity contribution in [3.63, 3.8) is 0 Å². The van der Waals surface area contributed by atoms with Crippen LogP contribution in [0.3, 0.4) is 0 Å². The van der Waals surface area contributed by atoms with E-state index in [4.69, 9.17) is 0 Å². The summed E-state index contributed by atoms with van der Waals surface area (Å²) >= 11 is 0. The maximum absolute atomic E-state index is 12.6. The van der Waals surface area contributed by atoms with E-state index in [1.807, 2.05) is 6.07 Å². The second kappa shape index (κ2) is 8.41. The summed E-state index contributed by atoms with van der Waals surface area (Å²) in [5, 5.41) is 4.25. The fourth-order valence-corrected chi connectivity index (χ4v) is 5.29. The zero-order valence-corrected chi connectivity index (χ0v) is 16.5. The normalized spacial score (nSPS) is 25.6. The van der Waals surface area contributed by atoms with Crippen LogP contribution >= 0.6 is 0 Å². The predicted octanol–water partition coefficient (Wildman–Crippen LogP) is 5.84. The topological polar surface area (TPSA) is 42.0 Å². The average molecular weight is 365 g/mol. The quantitative estimate of drug-likeness (QED) is 0.740. The Morgan fingerprint density at radius 3 is 2.41 bits per heavy atom. The summed E-state index contributed by atoms with van der Waals surface area (Å²) in [6.45, 7) is 2.78. The molecule has 0 spiro atoms. The Morgan fingerprint density at radius 1 is 1.07 bits per heavy atom. The van der Waals surface area contributed by atoms with Crippen molar-refractivity contribution in [2.45, 2.75) is 70.6 Å². The van der Waals surface area contributed by atoms with Gasteiger partial charge in [0, 0.05) is 11.9 Å². The van der Waals surface area contributed by atoms with Crippen LogP contribution in [0, 0.1) is 11.8 Å². The Morgan fingerprint density at radius 2 is 1.74 bits per heavy atom. The van der Waals surface area contributed by atoms with Crippen molar-refractivity contribution in [3.8, 4) is 0 Å². The first-order chi connectivity index (χ1) is 13.2. The van der Waals surface area contributed by atoms with Crippen LogP contribution in [0.25, 0.3) is 10.9 Å². The Balaban J connectivity index is 1.73. The summed E-state index contributed by atoms with van der Waals surface area (Å²) in [5.74, 6) is 2.22. The fourth-order valence-electron chi connectivity index (χ4n) is 5.29. The highest BCUT2D eigenvalue weighted by Crippen LogP contribution is 2.44. The number of amides is 1. The van der Waals surface area contributed by atoms with Crippen molar-refractivity contribution in [2.24, 2.45) is 11.8 Å². The standard InChI is InChI=1S/C24H32N2O/c1-2-13-25-24(27)23-16-21(20-11-3-4-12-22(20)26-23)19-14-17-7-5-8-18(15-19)10-6-9-17/h3-4,11-12,16-19H,2,5-10,13-15H2,1H3,(H,25,27). The Bertz CT molecular complexity index is 776. The monoisotopic (exact) mass is 364 g/mol. The molecule has 1 heterocycles. The van der Waals surface area contributed by atoms with Gasteiger partial charge in [0.05, 0.1) is 5.52 Å². The van der Waals surface area contributed by atoms with E-state index in [-0.39, 0.29) is 5.91 Å². The van der Waals surface area contributed by atoms with Crippen molar-refractivity contribution < 1.29 is 4.79 Å². The van der Waals surface area contributed by atoms with E-state index in [2.05, 4.69) is 41.5 Å². The van der Waals surface area contributed by atoms with Crippen LogP contribution in [-0.2, 0) is 0 Å². The van der Waals surface area contributed by atoms with E-state index >= 15 is 0 Å². The van der Waals surface area contributed by atoms with Gasteiger partial charge >= 0.3 is 0 Å². The van der Waals surface area contributed by atoms with Gasteiger partial charge in [-0.3, -0.25) is 4.79 Å². The Labute approximate surface area is 163 Å². The lowest BCUT2D eigenvalue weighted by atomic mass is 9.71. The van der Waals surface area contributed by atoms with Gasteiger partial charge in [0.1, 0.15) is 5.69 Å². The molecule has 27 heavy (non-hydrogen) atoms. The second-order valence-corrected chi connectivity index (χ2v) is 8.63. The van der Waals surface area contributed by atoms with Gasteiger partial charge in [-0.15, -0.1) is 0 Å². The number of pyridine rings is 1. The molecule has 1 aromatic heterocycles. The van der Waals surface area contributed by atoms with E-state index in [1.165, 1.54) is 62.3 Å². The maximum Gasteiger partial charge on any atom is 0.269 e. The number of nitrogens with zero attached hydrogens (tertiary/aromatic N) is 1. The number of fused-ring (bicyclic) bond motifs is 7. The molecule has 0 saturated heterocycles. The highest BCUT2D eigenvalue weighted by atomic mass is 16.1. The van der Waals surface area contributed by atoms with E-state index in [0.29, 0.717) is 18.2 Å². The molecule has 3 fully saturated rings. The Kier molecular flexibility index (Phi) is 5.75. The van der Waals surface area contributed by atoms with Crippen LogP contribution in [0.2, 0.25) is 0 Å². The number of hydrogen-bond donors (Lipinski definition) is 1. The van der Waals surface area contributed by atoms with Gasteiger partial charge < -0.3 is 5.32 Å². The minimum Gasteiger partial charge on any atom is -0.351 e. The van der Waals surface area contributed by atoms with Crippen molar-refractivity contribution >= 4 is 16.8 Å². The molecule has 0 radical (unpaired) electrons. The number of para-hydroxylation sites is 1. The first kappa shape index (κ1) is 18.5. The number of benzene rings is 1. The first-order valence-electron chi connectivity index (χ1n) is 10.9. The predicted molar refractivity (Wildman–Crippen MR) is 111 cm³/mol. The zero-order valence-electron chi connectivity index (χ0n) is 16.5. The molecule has 1 N–H and O–H groups in total. The summed E-state index contributed by atoms with van der Waals surface area (Å²) in [4.78, 5) is 17.3. The number of hydrogen-bond acceptors (Lipinski definition) is 2. The number of carbonyl (C=O) groups excluding carboxylic acids is 1. The molecular weight excluding hydrogens is 332 g/mol. The van der Waals surface area contributed by atoms with Crippen LogP contribution in [0.15, 0.2) is 30.3 Å². The third kappa shape index (κ3) is 4.17. The van der Waals surface area contributed by atoms with E-state index in [1.54, 1.807) is 0 Å². The van der Waals surface area contributed by atoms with Crippen LogP contribution in [0.5, 0.6) is 0 Å². The smallest absolute Gasteiger partial charge is 0.269 e. The fraction of sp³-hybridized carbons (Fsp3) is 0.583. The summed E-state index contributed by atoms with van der Waals surface area (Å²) < 4.78 is 0. The van der Waals surface area contributed by atoms with Gasteiger partial charge in [-0.1, -0.05) is 63.6 Å². The molecule has 3 saturated carbocycles. The molecule has 3 aliphatic carbocycles. The molecule has 3 aliphatic rings. The highest BCUT2D eigenvalue weighted by Gasteiger charge is 2.29. The van der Waals surface area contributed by atoms with Gasteiger partial charge in [-0.2, -0.15) is 0 Å². The van der Waals surface area contributed by atoms with Gasteiger partial charge in [-0.25, -0.2) is 4.98 Å². The van der Waals surface area contributed by atoms with Crippen LogP contribution in [-0.4, -0.2) is 17.4 Å². The van der Waals surface area contributed by atoms with Gasteiger partial charge in [-0.05, 0) is 54.7 Å². The largest absolute Gasteiger partial charge is 0.351 e. The number of carbonyl (C=O) groups is 1. The average Bonchev–Trinajstić information content (AvgIpc) is 2.64. The summed E-state index contributed by atoms with van der Waals surface area (Å²) in [7, 11) is 0. The zero-order chi connectivity index (χ0) is 18.6. The minimum absolute atomic E-state index is 0.0325. The van der Waals surface area contributed by atoms with Crippen molar-refractivity contribution in [2.75, 3.05) is 6.54 Å². The lowest BCUT2D eigenvalue weighted by Gasteiger charge is -2.35. The Hall–Kier alpha value is -1.90. The lowest BCUT2D eigenvalue weighted by Crippen LogP contribution is -2.26. The molecule has 144 valence electrons. The molecule has 1 amide bonds. The first-order valence-corrected chi connectivity index (χ1v) is 10.9. The van der Waals surface area contributed by atoms with Crippen molar-refractivity contribution in [1.82, 2.24) is 10.3 Å². The summed E-state index contributed by atoms with van der Waals surface area (Å²) in [6, 6.07) is 10.5. The second-order valence-electron chi connectivity index (χ2n) is 8.63. The molecule has 2 bridgehead atoms. The minimum atomic E-state index is -0.0325. The van der Waals surface area contributed by atoms with E-state index in [0.717, 1.165) is 23.8 Å². The highest BCUT2D eigenvalue weighted by molar-refractivity contribution is 5.96. The maximum atomic E-state index is 12.6. The molecule has 3 heteroatoms. The molecule has 0 unspecified atom stereocenters. The van der Waals surface area contributed by atoms with E-state index < -0.39 is 0 Å². The molecular formula is C24H32N2O. The van der Waals surface area contributed by atoms with Crippen molar-refractivity contribution in [1.29, 1.82) is 0 Å². The van der Waals surface area contributed by atoms with Gasteiger partial charge in [0.25, 0.3) is 5.91 Å². The molecule has 0 aliphatic heterocycles. The summed E-state index contributed by atoms with van der Waals surface area (Å²) in [5.41, 5.74) is 2.91. The van der Waals surface area contributed by atoms with Crippen LogP contribution in [0.1, 0.15) is 86.7 Å². The third-order valence-electron chi connectivity index (χ3n) is 6.64. The number of aromatic nitrogens is 1. The van der Waals surface area contributed by atoms with Gasteiger partial charge in [0.2, 0.25) is 0 Å². The van der Waals surface area contributed by atoms with Crippen LogP contribution < -0.4 is 5.32 Å². The molecule has 3 nitrogen and oxygen atoms in total. The third-order valence-corrected chi connectivity index (χ3v) is 6.64. The van der Waals surface area contributed by atoms with E-state index in [9.17, 15) is 4.79 Å². The molecule has 1 aromatic carbocycles. The lowest BCUT2D eigenvalue weighted by molar-refractivity contribution is 0.0949. The van der Waals surface area contributed by atoms with Crippen molar-refractivity contribution in [3.05, 3.63) is 41.6 Å². The molecule has 2 aromatic rings. The van der Waals surface area contributed by atoms with Gasteiger partial charge in [0.15, 0.2) is 0 Å². The number of nitrogens with one attached hydrogen (secondary N) is 1. The molecule has 5 rings (SSSR count). The number of rotatable bonds is 4. The molecule has 0 atom stereocenters.